The molecule has 2 unspecified atom stereocenters. The smallest absolute Gasteiger partial charge is 0.354 e. The fraction of sp³-hybridized carbons (Fsp3) is 0.353. The van der Waals surface area contributed by atoms with E-state index in [-0.39, 0.29) is 23.3 Å². The molecule has 23 heavy (non-hydrogen) atoms. The van der Waals surface area contributed by atoms with Gasteiger partial charge in [0.25, 0.3) is 5.91 Å². The van der Waals surface area contributed by atoms with E-state index in [1.807, 2.05) is 6.07 Å². The second kappa shape index (κ2) is 6.24. The van der Waals surface area contributed by atoms with Crippen molar-refractivity contribution in [3.63, 3.8) is 0 Å². The maximum absolute atomic E-state index is 12.8. The first-order valence-corrected chi connectivity index (χ1v) is 7.61. The summed E-state index contributed by atoms with van der Waals surface area (Å²) in [4.78, 5) is 29.5. The van der Waals surface area contributed by atoms with Crippen LogP contribution in [0.3, 0.4) is 0 Å². The standard InChI is InChI=1S/C17H18N2O4/c1-11-7-8-19(14(10-11)15-6-3-9-23-15)16(20)12-4-2-5-13(18-12)17(21)22/h2-6,9,11,14H,7-8,10H2,1H3,(H,21,22). The Balaban J connectivity index is 1.90. The van der Waals surface area contributed by atoms with Crippen molar-refractivity contribution in [2.24, 2.45) is 5.92 Å². The molecule has 6 heteroatoms. The molecule has 0 aliphatic carbocycles. The predicted molar refractivity (Wildman–Crippen MR) is 82.1 cm³/mol. The van der Waals surface area contributed by atoms with E-state index in [1.54, 1.807) is 23.3 Å². The van der Waals surface area contributed by atoms with Gasteiger partial charge >= 0.3 is 5.97 Å². The molecule has 6 nitrogen and oxygen atoms in total. The Bertz CT molecular complexity index is 711. The number of rotatable bonds is 3. The van der Waals surface area contributed by atoms with Crippen LogP contribution < -0.4 is 0 Å². The molecule has 3 heterocycles. The van der Waals surface area contributed by atoms with Crippen molar-refractivity contribution in [2.45, 2.75) is 25.8 Å². The van der Waals surface area contributed by atoms with Crippen LogP contribution in [0.5, 0.6) is 0 Å². The first-order chi connectivity index (χ1) is 11.1. The number of furan rings is 1. The summed E-state index contributed by atoms with van der Waals surface area (Å²) >= 11 is 0. The van der Waals surface area contributed by atoms with Crippen LogP contribution in [0.2, 0.25) is 0 Å². The Kier molecular flexibility index (Phi) is 4.14. The van der Waals surface area contributed by atoms with E-state index in [0.717, 1.165) is 18.6 Å². The Hall–Kier alpha value is -2.63. The maximum Gasteiger partial charge on any atom is 0.354 e. The highest BCUT2D eigenvalue weighted by Gasteiger charge is 2.33. The van der Waals surface area contributed by atoms with Crippen LogP contribution in [0.15, 0.2) is 41.0 Å². The van der Waals surface area contributed by atoms with Crippen molar-refractivity contribution in [2.75, 3.05) is 6.54 Å². The zero-order chi connectivity index (χ0) is 16.4. The fourth-order valence-corrected chi connectivity index (χ4v) is 2.96. The highest BCUT2D eigenvalue weighted by atomic mass is 16.4. The van der Waals surface area contributed by atoms with Crippen LogP contribution in [0.25, 0.3) is 0 Å². The summed E-state index contributed by atoms with van der Waals surface area (Å²) in [5, 5.41) is 9.04. The van der Waals surface area contributed by atoms with E-state index in [2.05, 4.69) is 11.9 Å². The van der Waals surface area contributed by atoms with Crippen LogP contribution in [-0.2, 0) is 0 Å². The highest BCUT2D eigenvalue weighted by Crippen LogP contribution is 2.35. The van der Waals surface area contributed by atoms with Gasteiger partial charge in [-0.3, -0.25) is 4.79 Å². The van der Waals surface area contributed by atoms with E-state index in [4.69, 9.17) is 9.52 Å². The molecule has 1 fully saturated rings. The van der Waals surface area contributed by atoms with Gasteiger partial charge < -0.3 is 14.4 Å². The van der Waals surface area contributed by atoms with Crippen LogP contribution in [0, 0.1) is 5.92 Å². The molecule has 1 amide bonds. The number of hydrogen-bond donors (Lipinski definition) is 1. The lowest BCUT2D eigenvalue weighted by Crippen LogP contribution is -2.41. The lowest BCUT2D eigenvalue weighted by atomic mass is 9.91. The number of aromatic nitrogens is 1. The largest absolute Gasteiger partial charge is 0.477 e. The SMILES string of the molecule is CC1CCN(C(=O)c2cccc(C(=O)O)n2)C(c2ccco2)C1. The molecule has 1 saturated heterocycles. The molecule has 2 atom stereocenters. The van der Waals surface area contributed by atoms with Gasteiger partial charge in [-0.15, -0.1) is 0 Å². The summed E-state index contributed by atoms with van der Waals surface area (Å²) in [6.45, 7) is 2.76. The van der Waals surface area contributed by atoms with Gasteiger partial charge in [-0.25, -0.2) is 9.78 Å². The van der Waals surface area contributed by atoms with E-state index in [9.17, 15) is 9.59 Å². The minimum absolute atomic E-state index is 0.129. The molecule has 1 aliphatic rings. The third kappa shape index (κ3) is 3.11. The molecule has 1 N–H and O–H groups in total. The van der Waals surface area contributed by atoms with Gasteiger partial charge in [0.15, 0.2) is 0 Å². The first kappa shape index (κ1) is 15.3. The van der Waals surface area contributed by atoms with Crippen molar-refractivity contribution in [1.29, 1.82) is 0 Å². The zero-order valence-corrected chi connectivity index (χ0v) is 12.8. The molecule has 0 spiro atoms. The Morgan fingerprint density at radius 2 is 2.04 bits per heavy atom. The van der Waals surface area contributed by atoms with Gasteiger partial charge in [-0.2, -0.15) is 0 Å². The number of amides is 1. The minimum atomic E-state index is -1.14. The number of carbonyl (C=O) groups is 2. The summed E-state index contributed by atoms with van der Waals surface area (Å²) in [5.41, 5.74) is 0.0202. The summed E-state index contributed by atoms with van der Waals surface area (Å²) < 4.78 is 5.49. The van der Waals surface area contributed by atoms with Crippen molar-refractivity contribution in [1.82, 2.24) is 9.88 Å². The topological polar surface area (TPSA) is 83.6 Å². The number of likely N-dealkylation sites (tertiary alicyclic amines) is 1. The molecule has 120 valence electrons. The number of pyridine rings is 1. The Morgan fingerprint density at radius 1 is 1.26 bits per heavy atom. The average molecular weight is 314 g/mol. The number of carbonyl (C=O) groups excluding carboxylic acids is 1. The second-order valence-corrected chi connectivity index (χ2v) is 5.87. The Labute approximate surface area is 133 Å². The van der Waals surface area contributed by atoms with Crippen LogP contribution in [-0.4, -0.2) is 33.4 Å². The van der Waals surface area contributed by atoms with Crippen molar-refractivity contribution in [3.8, 4) is 0 Å². The first-order valence-electron chi connectivity index (χ1n) is 7.61. The number of hydrogen-bond acceptors (Lipinski definition) is 4. The zero-order valence-electron chi connectivity index (χ0n) is 12.8. The monoisotopic (exact) mass is 314 g/mol. The van der Waals surface area contributed by atoms with E-state index in [1.165, 1.54) is 12.1 Å². The van der Waals surface area contributed by atoms with Crippen LogP contribution in [0.4, 0.5) is 0 Å². The molecule has 0 saturated carbocycles. The molecule has 3 rings (SSSR count). The fourth-order valence-electron chi connectivity index (χ4n) is 2.96. The molecular formula is C17H18N2O4. The van der Waals surface area contributed by atoms with E-state index < -0.39 is 5.97 Å². The van der Waals surface area contributed by atoms with Crippen LogP contribution >= 0.6 is 0 Å². The lowest BCUT2D eigenvalue weighted by molar-refractivity contribution is 0.0514. The number of piperidine rings is 1. The van der Waals surface area contributed by atoms with Gasteiger partial charge in [0, 0.05) is 6.54 Å². The van der Waals surface area contributed by atoms with Gasteiger partial charge in [0.1, 0.15) is 17.1 Å². The van der Waals surface area contributed by atoms with Crippen molar-refractivity contribution in [3.05, 3.63) is 53.7 Å². The molecular weight excluding hydrogens is 296 g/mol. The number of aromatic carboxylic acids is 1. The van der Waals surface area contributed by atoms with E-state index >= 15 is 0 Å². The number of carboxylic acids is 1. The van der Waals surface area contributed by atoms with Crippen LogP contribution in [0.1, 0.15) is 52.5 Å². The van der Waals surface area contributed by atoms with Crippen molar-refractivity contribution >= 4 is 11.9 Å². The van der Waals surface area contributed by atoms with Gasteiger partial charge in [0.05, 0.1) is 12.3 Å². The molecule has 0 bridgehead atoms. The predicted octanol–water partition coefficient (Wildman–Crippen LogP) is 2.99. The molecule has 0 aromatic carbocycles. The van der Waals surface area contributed by atoms with E-state index in [0.29, 0.717) is 12.5 Å². The second-order valence-electron chi connectivity index (χ2n) is 5.87. The summed E-state index contributed by atoms with van der Waals surface area (Å²) in [5.74, 6) is -0.164. The molecule has 0 radical (unpaired) electrons. The van der Waals surface area contributed by atoms with Gasteiger partial charge in [-0.05, 0) is 43.0 Å². The molecule has 1 aliphatic heterocycles. The van der Waals surface area contributed by atoms with Gasteiger partial charge in [0.2, 0.25) is 0 Å². The molecule has 2 aromatic heterocycles. The number of nitrogens with zero attached hydrogens (tertiary/aromatic N) is 2. The third-order valence-electron chi connectivity index (χ3n) is 4.18. The Morgan fingerprint density at radius 3 is 2.74 bits per heavy atom. The summed E-state index contributed by atoms with van der Waals surface area (Å²) in [6.07, 6.45) is 3.32. The lowest BCUT2D eigenvalue weighted by Gasteiger charge is -2.37. The van der Waals surface area contributed by atoms with Gasteiger partial charge in [-0.1, -0.05) is 13.0 Å². The quantitative estimate of drug-likeness (QED) is 0.941. The number of carboxylic acid groups (broad SMARTS) is 1. The summed E-state index contributed by atoms with van der Waals surface area (Å²) in [7, 11) is 0. The third-order valence-corrected chi connectivity index (χ3v) is 4.18. The van der Waals surface area contributed by atoms with Crippen molar-refractivity contribution < 1.29 is 19.1 Å². The average Bonchev–Trinajstić information content (AvgIpc) is 3.08. The maximum atomic E-state index is 12.8. The summed E-state index contributed by atoms with van der Waals surface area (Å²) in [6, 6.07) is 7.99. The highest BCUT2D eigenvalue weighted by molar-refractivity contribution is 5.94. The normalized spacial score (nSPS) is 21.2. The molecule has 2 aromatic rings. The minimum Gasteiger partial charge on any atom is -0.477 e.